The van der Waals surface area contributed by atoms with E-state index in [0.717, 1.165) is 13.1 Å². The van der Waals surface area contributed by atoms with Crippen LogP contribution in [-0.2, 0) is 0 Å². The number of rotatable bonds is 4. The first-order valence-electron chi connectivity index (χ1n) is 6.13. The minimum atomic E-state index is -0.369. The van der Waals surface area contributed by atoms with E-state index < -0.39 is 0 Å². The highest BCUT2D eigenvalue weighted by Gasteiger charge is 2.03. The lowest BCUT2D eigenvalue weighted by Gasteiger charge is -2.15. The molecule has 0 unspecified atom stereocenters. The fourth-order valence-electron chi connectivity index (χ4n) is 1.30. The molecule has 0 saturated heterocycles. The summed E-state index contributed by atoms with van der Waals surface area (Å²) in [6.07, 6.45) is 0. The van der Waals surface area contributed by atoms with Crippen molar-refractivity contribution in [1.82, 2.24) is 16.2 Å². The standard InChI is InChI=1S/C12H18FN5S2/c1-18(2)8-7-14-11(19)16-17-12(20)15-10-6-4-3-5-9(10)13/h3-6H,7-8H2,1-2H3,(H2,14,16,19)(H2,15,17,20)/p+1. The maximum absolute atomic E-state index is 13.4. The molecule has 20 heavy (non-hydrogen) atoms. The maximum Gasteiger partial charge on any atom is 0.189 e. The number of quaternary nitrogens is 1. The summed E-state index contributed by atoms with van der Waals surface area (Å²) in [5.74, 6) is -0.369. The van der Waals surface area contributed by atoms with Crippen LogP contribution in [0.1, 0.15) is 0 Å². The van der Waals surface area contributed by atoms with Crippen molar-refractivity contribution in [2.75, 3.05) is 32.5 Å². The number of hydrazine groups is 1. The summed E-state index contributed by atoms with van der Waals surface area (Å²) >= 11 is 10.1. The number of hydrogen-bond acceptors (Lipinski definition) is 2. The topological polar surface area (TPSA) is 52.6 Å². The molecule has 0 bridgehead atoms. The molecule has 0 aliphatic rings. The van der Waals surface area contributed by atoms with Crippen molar-refractivity contribution in [1.29, 1.82) is 0 Å². The van der Waals surface area contributed by atoms with E-state index in [-0.39, 0.29) is 10.9 Å². The average molecular weight is 316 g/mol. The Hall–Kier alpha value is -1.51. The molecule has 0 amide bonds. The third-order valence-electron chi connectivity index (χ3n) is 2.32. The Morgan fingerprint density at radius 1 is 1.15 bits per heavy atom. The van der Waals surface area contributed by atoms with Crippen molar-refractivity contribution in [2.45, 2.75) is 0 Å². The Labute approximate surface area is 128 Å². The molecule has 0 saturated carbocycles. The third-order valence-corrected chi connectivity index (χ3v) is 2.77. The first-order chi connectivity index (χ1) is 9.49. The van der Waals surface area contributed by atoms with Crippen LogP contribution in [0.2, 0.25) is 0 Å². The molecule has 0 atom stereocenters. The number of halogens is 1. The first-order valence-corrected chi connectivity index (χ1v) is 6.95. The van der Waals surface area contributed by atoms with Crippen molar-refractivity contribution in [3.8, 4) is 0 Å². The van der Waals surface area contributed by atoms with Gasteiger partial charge in [0.2, 0.25) is 0 Å². The average Bonchev–Trinajstić information content (AvgIpc) is 2.39. The lowest BCUT2D eigenvalue weighted by molar-refractivity contribution is -0.856. The molecule has 0 aliphatic heterocycles. The van der Waals surface area contributed by atoms with Crippen LogP contribution < -0.4 is 26.4 Å². The normalized spacial score (nSPS) is 10.0. The summed E-state index contributed by atoms with van der Waals surface area (Å²) in [5.41, 5.74) is 5.73. The lowest BCUT2D eigenvalue weighted by atomic mass is 10.3. The molecular weight excluding hydrogens is 297 g/mol. The molecule has 0 spiro atoms. The minimum absolute atomic E-state index is 0.234. The van der Waals surface area contributed by atoms with Crippen molar-refractivity contribution in [3.63, 3.8) is 0 Å². The summed E-state index contributed by atoms with van der Waals surface area (Å²) in [7, 11) is 4.12. The molecule has 1 aromatic rings. The van der Waals surface area contributed by atoms with E-state index in [0.29, 0.717) is 10.8 Å². The van der Waals surface area contributed by atoms with Crippen LogP contribution in [0.25, 0.3) is 0 Å². The maximum atomic E-state index is 13.4. The van der Waals surface area contributed by atoms with Crippen LogP contribution in [0.4, 0.5) is 10.1 Å². The van der Waals surface area contributed by atoms with E-state index in [1.807, 2.05) is 0 Å². The fraction of sp³-hybridized carbons (Fsp3) is 0.333. The Kier molecular flexibility index (Phi) is 7.13. The summed E-state index contributed by atoms with van der Waals surface area (Å²) in [5, 5.41) is 6.42. The van der Waals surface area contributed by atoms with E-state index in [1.165, 1.54) is 11.0 Å². The van der Waals surface area contributed by atoms with Gasteiger partial charge in [-0.15, -0.1) is 0 Å². The monoisotopic (exact) mass is 316 g/mol. The van der Waals surface area contributed by atoms with Gasteiger partial charge in [0.25, 0.3) is 0 Å². The lowest BCUT2D eigenvalue weighted by Crippen LogP contribution is -3.06. The smallest absolute Gasteiger partial charge is 0.189 e. The van der Waals surface area contributed by atoms with Crippen LogP contribution in [0.15, 0.2) is 24.3 Å². The number of benzene rings is 1. The van der Waals surface area contributed by atoms with Crippen molar-refractivity contribution in [2.24, 2.45) is 0 Å². The molecule has 110 valence electrons. The fourth-order valence-corrected chi connectivity index (χ4v) is 1.61. The molecule has 0 aliphatic carbocycles. The second kappa shape index (κ2) is 8.62. The number of hydrogen-bond donors (Lipinski definition) is 5. The van der Waals surface area contributed by atoms with E-state index in [9.17, 15) is 4.39 Å². The van der Waals surface area contributed by atoms with E-state index in [4.69, 9.17) is 24.4 Å². The zero-order chi connectivity index (χ0) is 15.0. The van der Waals surface area contributed by atoms with Gasteiger partial charge >= 0.3 is 0 Å². The third kappa shape index (κ3) is 6.60. The van der Waals surface area contributed by atoms with Gasteiger partial charge in [-0.3, -0.25) is 10.9 Å². The van der Waals surface area contributed by atoms with E-state index in [2.05, 4.69) is 35.6 Å². The Morgan fingerprint density at radius 2 is 1.80 bits per heavy atom. The Bertz CT molecular complexity index is 467. The van der Waals surface area contributed by atoms with Crippen LogP contribution in [0.3, 0.4) is 0 Å². The number of nitrogens with one attached hydrogen (secondary N) is 5. The highest BCUT2D eigenvalue weighted by molar-refractivity contribution is 7.80. The highest BCUT2D eigenvalue weighted by Crippen LogP contribution is 2.11. The summed E-state index contributed by atoms with van der Waals surface area (Å²) in [6, 6.07) is 6.28. The largest absolute Gasteiger partial charge is 0.356 e. The minimum Gasteiger partial charge on any atom is -0.356 e. The van der Waals surface area contributed by atoms with Gasteiger partial charge in [0.15, 0.2) is 10.2 Å². The van der Waals surface area contributed by atoms with Gasteiger partial charge in [-0.05, 0) is 36.6 Å². The molecule has 0 fully saturated rings. The number of para-hydroxylation sites is 1. The first kappa shape index (κ1) is 16.5. The number of thiocarbonyl (C=S) groups is 2. The molecule has 0 radical (unpaired) electrons. The Balaban J connectivity index is 2.26. The van der Waals surface area contributed by atoms with Crippen LogP contribution in [0.5, 0.6) is 0 Å². The Morgan fingerprint density at radius 3 is 2.45 bits per heavy atom. The summed E-state index contributed by atoms with van der Waals surface area (Å²) in [4.78, 5) is 1.32. The van der Waals surface area contributed by atoms with E-state index in [1.54, 1.807) is 18.2 Å². The van der Waals surface area contributed by atoms with Gasteiger partial charge in [-0.25, -0.2) is 4.39 Å². The van der Waals surface area contributed by atoms with Gasteiger partial charge in [0, 0.05) is 0 Å². The van der Waals surface area contributed by atoms with Crippen LogP contribution >= 0.6 is 24.4 Å². The molecule has 0 heterocycles. The molecule has 8 heteroatoms. The van der Waals surface area contributed by atoms with E-state index >= 15 is 0 Å². The number of anilines is 1. The summed E-state index contributed by atoms with van der Waals surface area (Å²) in [6.45, 7) is 1.70. The quantitative estimate of drug-likeness (QED) is 0.386. The van der Waals surface area contributed by atoms with Gasteiger partial charge in [-0.2, -0.15) is 0 Å². The highest BCUT2D eigenvalue weighted by atomic mass is 32.1. The van der Waals surface area contributed by atoms with Gasteiger partial charge in [0.1, 0.15) is 5.82 Å². The predicted octanol–water partition coefficient (Wildman–Crippen LogP) is -0.364. The SMILES string of the molecule is C[NH+](C)CCNC(=S)NNC(=S)Nc1ccccc1F. The van der Waals surface area contributed by atoms with Crippen molar-refractivity contribution >= 4 is 40.3 Å². The molecular formula is C12H19FN5S2+. The molecule has 5 N–H and O–H groups in total. The predicted molar refractivity (Wildman–Crippen MR) is 87.2 cm³/mol. The van der Waals surface area contributed by atoms with Gasteiger partial charge in [0.05, 0.1) is 32.9 Å². The van der Waals surface area contributed by atoms with Crippen LogP contribution in [-0.4, -0.2) is 37.4 Å². The molecule has 1 rings (SSSR count). The van der Waals surface area contributed by atoms with Crippen LogP contribution in [0, 0.1) is 5.82 Å². The zero-order valence-corrected chi connectivity index (χ0v) is 13.1. The number of likely N-dealkylation sites (N-methyl/N-ethyl adjacent to an activating group) is 1. The zero-order valence-electron chi connectivity index (χ0n) is 11.4. The molecule has 0 aromatic heterocycles. The summed E-state index contributed by atoms with van der Waals surface area (Å²) < 4.78 is 13.4. The second-order valence-corrected chi connectivity index (χ2v) is 5.21. The van der Waals surface area contributed by atoms with Gasteiger partial charge in [-0.1, -0.05) is 12.1 Å². The molecule has 5 nitrogen and oxygen atoms in total. The van der Waals surface area contributed by atoms with Crippen molar-refractivity contribution in [3.05, 3.63) is 30.1 Å². The van der Waals surface area contributed by atoms with Crippen molar-refractivity contribution < 1.29 is 9.29 Å². The van der Waals surface area contributed by atoms with Gasteiger partial charge < -0.3 is 15.5 Å². The molecule has 1 aromatic carbocycles. The second-order valence-electron chi connectivity index (χ2n) is 4.40.